The van der Waals surface area contributed by atoms with Gasteiger partial charge in [-0.25, -0.2) is 9.37 Å². The largest absolute Gasteiger partial charge is 0.467 e. The van der Waals surface area contributed by atoms with Crippen molar-refractivity contribution in [2.45, 2.75) is 6.54 Å². The van der Waals surface area contributed by atoms with Gasteiger partial charge in [0.1, 0.15) is 28.7 Å². The van der Waals surface area contributed by atoms with E-state index in [0.717, 1.165) is 28.5 Å². The van der Waals surface area contributed by atoms with Crippen molar-refractivity contribution >= 4 is 11.5 Å². The number of hydrogen-bond acceptors (Lipinski definition) is 3. The molecule has 0 aliphatic carbocycles. The Kier molecular flexibility index (Phi) is 3.31. The van der Waals surface area contributed by atoms with Crippen LogP contribution in [-0.4, -0.2) is 9.38 Å². The van der Waals surface area contributed by atoms with Crippen LogP contribution in [-0.2, 0) is 6.54 Å². The third-order valence-corrected chi connectivity index (χ3v) is 3.66. The van der Waals surface area contributed by atoms with Crippen LogP contribution in [0.5, 0.6) is 0 Å². The van der Waals surface area contributed by atoms with Crippen molar-refractivity contribution in [2.75, 3.05) is 5.32 Å². The van der Waals surface area contributed by atoms with Gasteiger partial charge < -0.3 is 9.73 Å². The van der Waals surface area contributed by atoms with E-state index in [-0.39, 0.29) is 5.82 Å². The number of aromatic nitrogens is 2. The van der Waals surface area contributed by atoms with Crippen LogP contribution in [0.25, 0.3) is 16.9 Å². The Hall–Kier alpha value is -3.08. The van der Waals surface area contributed by atoms with Gasteiger partial charge in [0.15, 0.2) is 0 Å². The molecule has 0 amide bonds. The zero-order valence-electron chi connectivity index (χ0n) is 12.2. The van der Waals surface area contributed by atoms with Crippen molar-refractivity contribution in [1.82, 2.24) is 9.38 Å². The molecule has 0 unspecified atom stereocenters. The van der Waals surface area contributed by atoms with E-state index in [1.807, 2.05) is 40.9 Å². The molecule has 0 radical (unpaired) electrons. The number of pyridine rings is 1. The monoisotopic (exact) mass is 307 g/mol. The lowest BCUT2D eigenvalue weighted by atomic mass is 10.1. The predicted molar refractivity (Wildman–Crippen MR) is 86.6 cm³/mol. The summed E-state index contributed by atoms with van der Waals surface area (Å²) in [5.74, 6) is 1.42. The van der Waals surface area contributed by atoms with Crippen LogP contribution >= 0.6 is 0 Å². The molecule has 5 heteroatoms. The van der Waals surface area contributed by atoms with Gasteiger partial charge in [-0.2, -0.15) is 0 Å². The number of nitrogens with zero attached hydrogens (tertiary/aromatic N) is 2. The second-order valence-electron chi connectivity index (χ2n) is 5.18. The lowest BCUT2D eigenvalue weighted by molar-refractivity contribution is 0.518. The SMILES string of the molecule is Fc1ccc(-c2nc3ccccn3c2NCc2ccco2)cc1. The maximum Gasteiger partial charge on any atom is 0.139 e. The Balaban J connectivity index is 1.79. The van der Waals surface area contributed by atoms with Gasteiger partial charge in [-0.3, -0.25) is 4.40 Å². The molecule has 1 N–H and O–H groups in total. The van der Waals surface area contributed by atoms with E-state index in [2.05, 4.69) is 10.3 Å². The Labute approximate surface area is 132 Å². The number of furan rings is 1. The zero-order valence-corrected chi connectivity index (χ0v) is 12.2. The van der Waals surface area contributed by atoms with Gasteiger partial charge in [0.2, 0.25) is 0 Å². The molecule has 0 saturated heterocycles. The fourth-order valence-corrected chi connectivity index (χ4v) is 2.56. The van der Waals surface area contributed by atoms with Crippen molar-refractivity contribution in [3.05, 3.63) is 78.6 Å². The van der Waals surface area contributed by atoms with Crippen LogP contribution < -0.4 is 5.32 Å². The van der Waals surface area contributed by atoms with Gasteiger partial charge in [0, 0.05) is 11.8 Å². The minimum atomic E-state index is -0.261. The van der Waals surface area contributed by atoms with Gasteiger partial charge in [0.05, 0.1) is 12.8 Å². The van der Waals surface area contributed by atoms with E-state index in [4.69, 9.17) is 4.42 Å². The Morgan fingerprint density at radius 2 is 1.91 bits per heavy atom. The Morgan fingerprint density at radius 3 is 2.70 bits per heavy atom. The summed E-state index contributed by atoms with van der Waals surface area (Å²) in [4.78, 5) is 4.66. The molecule has 3 heterocycles. The van der Waals surface area contributed by atoms with E-state index in [9.17, 15) is 4.39 Å². The van der Waals surface area contributed by atoms with Crippen molar-refractivity contribution in [1.29, 1.82) is 0 Å². The first-order valence-electron chi connectivity index (χ1n) is 7.30. The highest BCUT2D eigenvalue weighted by molar-refractivity contribution is 5.76. The van der Waals surface area contributed by atoms with Gasteiger partial charge in [-0.15, -0.1) is 0 Å². The highest BCUT2D eigenvalue weighted by atomic mass is 19.1. The molecule has 4 aromatic rings. The summed E-state index contributed by atoms with van der Waals surface area (Å²) in [5, 5.41) is 3.36. The van der Waals surface area contributed by atoms with E-state index < -0.39 is 0 Å². The molecule has 0 bridgehead atoms. The van der Waals surface area contributed by atoms with Crippen molar-refractivity contribution in [3.63, 3.8) is 0 Å². The minimum absolute atomic E-state index is 0.261. The Morgan fingerprint density at radius 1 is 1.04 bits per heavy atom. The highest BCUT2D eigenvalue weighted by Gasteiger charge is 2.14. The van der Waals surface area contributed by atoms with Crippen LogP contribution in [0.2, 0.25) is 0 Å². The zero-order chi connectivity index (χ0) is 15.6. The molecule has 0 fully saturated rings. The molecule has 0 saturated carbocycles. The summed E-state index contributed by atoms with van der Waals surface area (Å²) in [5.41, 5.74) is 2.47. The number of imidazole rings is 1. The minimum Gasteiger partial charge on any atom is -0.467 e. The third-order valence-electron chi connectivity index (χ3n) is 3.66. The molecule has 0 spiro atoms. The first kappa shape index (κ1) is 13.6. The third kappa shape index (κ3) is 2.57. The van der Waals surface area contributed by atoms with Crippen LogP contribution in [0.3, 0.4) is 0 Å². The summed E-state index contributed by atoms with van der Waals surface area (Å²) in [6.07, 6.45) is 3.59. The first-order chi connectivity index (χ1) is 11.3. The second kappa shape index (κ2) is 5.61. The smallest absolute Gasteiger partial charge is 0.139 e. The molecule has 0 aliphatic rings. The van der Waals surface area contributed by atoms with Crippen LogP contribution in [0.4, 0.5) is 10.2 Å². The molecule has 3 aromatic heterocycles. The average molecular weight is 307 g/mol. The fourth-order valence-electron chi connectivity index (χ4n) is 2.56. The lowest BCUT2D eigenvalue weighted by Gasteiger charge is -2.07. The van der Waals surface area contributed by atoms with Gasteiger partial charge in [-0.1, -0.05) is 6.07 Å². The number of anilines is 1. The molecular weight excluding hydrogens is 293 g/mol. The standard InChI is InChI=1S/C18H14FN3O/c19-14-8-6-13(7-9-14)17-18(20-12-15-4-3-11-23-15)22-10-2-1-5-16(22)21-17/h1-11,20H,12H2. The number of nitrogens with one attached hydrogen (secondary N) is 1. The molecular formula is C18H14FN3O. The average Bonchev–Trinajstić information content (AvgIpc) is 3.21. The van der Waals surface area contributed by atoms with Crippen LogP contribution in [0.1, 0.15) is 5.76 Å². The number of hydrogen-bond donors (Lipinski definition) is 1. The van der Waals surface area contributed by atoms with Crippen molar-refractivity contribution in [3.8, 4) is 11.3 Å². The summed E-state index contributed by atoms with van der Waals surface area (Å²) < 4.78 is 20.5. The number of rotatable bonds is 4. The number of halogens is 1. The maximum absolute atomic E-state index is 13.2. The quantitative estimate of drug-likeness (QED) is 0.609. The Bertz CT molecular complexity index is 927. The summed E-state index contributed by atoms with van der Waals surface area (Å²) >= 11 is 0. The fraction of sp³-hybridized carbons (Fsp3) is 0.0556. The van der Waals surface area contributed by atoms with Gasteiger partial charge in [-0.05, 0) is 48.5 Å². The summed E-state index contributed by atoms with van der Waals surface area (Å²) in [6, 6.07) is 15.9. The lowest BCUT2D eigenvalue weighted by Crippen LogP contribution is -2.02. The second-order valence-corrected chi connectivity index (χ2v) is 5.18. The molecule has 4 rings (SSSR count). The van der Waals surface area contributed by atoms with E-state index in [1.165, 1.54) is 12.1 Å². The van der Waals surface area contributed by atoms with E-state index in [0.29, 0.717) is 6.54 Å². The van der Waals surface area contributed by atoms with Crippen LogP contribution in [0.15, 0.2) is 71.5 Å². The number of fused-ring (bicyclic) bond motifs is 1. The van der Waals surface area contributed by atoms with Crippen molar-refractivity contribution in [2.24, 2.45) is 0 Å². The molecule has 114 valence electrons. The molecule has 0 atom stereocenters. The molecule has 23 heavy (non-hydrogen) atoms. The normalized spacial score (nSPS) is 11.0. The molecule has 0 aliphatic heterocycles. The highest BCUT2D eigenvalue weighted by Crippen LogP contribution is 2.29. The van der Waals surface area contributed by atoms with Gasteiger partial charge in [0.25, 0.3) is 0 Å². The number of benzene rings is 1. The topological polar surface area (TPSA) is 42.5 Å². The molecule has 4 nitrogen and oxygen atoms in total. The summed E-state index contributed by atoms with van der Waals surface area (Å²) in [7, 11) is 0. The van der Waals surface area contributed by atoms with Crippen LogP contribution in [0, 0.1) is 5.82 Å². The molecule has 1 aromatic carbocycles. The van der Waals surface area contributed by atoms with Crippen molar-refractivity contribution < 1.29 is 8.81 Å². The van der Waals surface area contributed by atoms with E-state index in [1.54, 1.807) is 18.4 Å². The first-order valence-corrected chi connectivity index (χ1v) is 7.30. The summed E-state index contributed by atoms with van der Waals surface area (Å²) in [6.45, 7) is 0.546. The van der Waals surface area contributed by atoms with E-state index >= 15 is 0 Å². The maximum atomic E-state index is 13.2. The van der Waals surface area contributed by atoms with Gasteiger partial charge >= 0.3 is 0 Å². The predicted octanol–water partition coefficient (Wildman–Crippen LogP) is 4.35.